The van der Waals surface area contributed by atoms with E-state index < -0.39 is 12.1 Å². The van der Waals surface area contributed by atoms with E-state index in [1.54, 1.807) is 0 Å². The Bertz CT molecular complexity index is 600. The molecular formula is C20H31N3O4. The molecule has 1 aromatic rings. The lowest BCUT2D eigenvalue weighted by atomic mass is 10.1. The van der Waals surface area contributed by atoms with Crippen LogP contribution in [0, 0.1) is 0 Å². The highest BCUT2D eigenvalue weighted by Gasteiger charge is 2.05. The van der Waals surface area contributed by atoms with Gasteiger partial charge < -0.3 is 21.0 Å². The summed E-state index contributed by atoms with van der Waals surface area (Å²) in [5.41, 5.74) is 7.59. The number of carboxylic acid groups (broad SMARTS) is 1. The number of hydrogen-bond donors (Lipinski definition) is 3. The maximum Gasteiger partial charge on any atom is 0.404 e. The highest BCUT2D eigenvalue weighted by atomic mass is 16.7. The average Bonchev–Trinajstić information content (AvgIpc) is 2.66. The van der Waals surface area contributed by atoms with Gasteiger partial charge in [0, 0.05) is 13.0 Å². The number of amidine groups is 1. The number of amides is 1. The zero-order chi connectivity index (χ0) is 19.9. The maximum absolute atomic E-state index is 11.8. The maximum atomic E-state index is 11.8. The Labute approximate surface area is 161 Å². The highest BCUT2D eigenvalue weighted by molar-refractivity contribution is 5.80. The molecule has 150 valence electrons. The van der Waals surface area contributed by atoms with Crippen LogP contribution in [0.15, 0.2) is 29.4 Å². The fraction of sp³-hybridized carbons (Fsp3) is 0.550. The summed E-state index contributed by atoms with van der Waals surface area (Å²) in [6.45, 7) is 2.44. The molecule has 0 saturated heterocycles. The van der Waals surface area contributed by atoms with E-state index in [1.165, 1.54) is 25.7 Å². The smallest absolute Gasteiger partial charge is 0.404 e. The third kappa shape index (κ3) is 11.6. The summed E-state index contributed by atoms with van der Waals surface area (Å²) in [7, 11) is 0. The van der Waals surface area contributed by atoms with Crippen molar-refractivity contribution < 1.29 is 19.5 Å². The third-order valence-electron chi connectivity index (χ3n) is 4.14. The lowest BCUT2D eigenvalue weighted by Crippen LogP contribution is -2.19. The second kappa shape index (κ2) is 13.6. The Morgan fingerprint density at radius 3 is 2.33 bits per heavy atom. The fourth-order valence-electron chi connectivity index (χ4n) is 2.54. The van der Waals surface area contributed by atoms with E-state index in [9.17, 15) is 9.59 Å². The molecule has 7 nitrogen and oxygen atoms in total. The van der Waals surface area contributed by atoms with Crippen LogP contribution in [0.3, 0.4) is 0 Å². The van der Waals surface area contributed by atoms with Crippen molar-refractivity contribution in [3.05, 3.63) is 35.4 Å². The van der Waals surface area contributed by atoms with Crippen LogP contribution in [0.1, 0.15) is 69.4 Å². The van der Waals surface area contributed by atoms with E-state index in [1.807, 2.05) is 24.3 Å². The van der Waals surface area contributed by atoms with E-state index in [4.69, 9.17) is 15.7 Å². The number of nitrogens with two attached hydrogens (primary N) is 1. The molecule has 0 aliphatic carbocycles. The predicted molar refractivity (Wildman–Crippen MR) is 105 cm³/mol. The topological polar surface area (TPSA) is 114 Å². The quantitative estimate of drug-likeness (QED) is 0.158. The molecule has 1 rings (SSSR count). The van der Waals surface area contributed by atoms with Gasteiger partial charge in [0.25, 0.3) is 0 Å². The molecule has 0 unspecified atom stereocenters. The minimum atomic E-state index is -1.06. The zero-order valence-electron chi connectivity index (χ0n) is 16.1. The first kappa shape index (κ1) is 22.5. The molecule has 0 spiro atoms. The molecule has 0 aliphatic heterocycles. The van der Waals surface area contributed by atoms with Gasteiger partial charge in [0.2, 0.25) is 0 Å². The van der Waals surface area contributed by atoms with Crippen LogP contribution < -0.4 is 11.1 Å². The van der Waals surface area contributed by atoms with Crippen LogP contribution in [0.4, 0.5) is 4.79 Å². The monoisotopic (exact) mass is 377 g/mol. The number of oxime groups is 1. The summed E-state index contributed by atoms with van der Waals surface area (Å²) in [6, 6.07) is 7.38. The predicted octanol–water partition coefficient (Wildman–Crippen LogP) is 3.95. The number of hydrogen-bond acceptors (Lipinski definition) is 4. The first-order valence-corrected chi connectivity index (χ1v) is 9.58. The molecule has 0 heterocycles. The number of aryl methyl sites for hydroxylation is 1. The van der Waals surface area contributed by atoms with Gasteiger partial charge in [-0.2, -0.15) is 0 Å². The van der Waals surface area contributed by atoms with Gasteiger partial charge in [0.15, 0.2) is 0 Å². The molecule has 1 amide bonds. The normalized spacial score (nSPS) is 11.2. The highest BCUT2D eigenvalue weighted by Crippen LogP contribution is 2.09. The van der Waals surface area contributed by atoms with Crippen molar-refractivity contribution in [3.8, 4) is 0 Å². The van der Waals surface area contributed by atoms with E-state index in [0.29, 0.717) is 18.7 Å². The largest absolute Gasteiger partial charge is 0.465 e. The molecule has 0 aliphatic rings. The number of carbonyl (C=O) groups excluding carboxylic acids is 1. The van der Waals surface area contributed by atoms with Gasteiger partial charge in [-0.1, -0.05) is 68.4 Å². The molecule has 0 saturated carbocycles. The number of rotatable bonds is 13. The Kier molecular flexibility index (Phi) is 11.3. The Morgan fingerprint density at radius 2 is 1.67 bits per heavy atom. The van der Waals surface area contributed by atoms with E-state index in [-0.39, 0.29) is 13.0 Å². The molecule has 0 bridgehead atoms. The van der Waals surface area contributed by atoms with Gasteiger partial charge in [0.1, 0.15) is 5.84 Å². The second-order valence-electron chi connectivity index (χ2n) is 6.54. The molecule has 0 atom stereocenters. The van der Waals surface area contributed by atoms with Crippen molar-refractivity contribution in [1.82, 2.24) is 5.32 Å². The number of benzene rings is 1. The second-order valence-corrected chi connectivity index (χ2v) is 6.54. The molecule has 7 heteroatoms. The SMILES string of the molecule is CCCCCCCCC(N)=NOC(=O)CCc1ccc(CNC(=O)O)cc1. The van der Waals surface area contributed by atoms with E-state index >= 15 is 0 Å². The van der Waals surface area contributed by atoms with Crippen LogP contribution in [-0.2, 0) is 22.6 Å². The Hall–Kier alpha value is -2.57. The Balaban J connectivity index is 2.21. The lowest BCUT2D eigenvalue weighted by molar-refractivity contribution is -0.143. The molecule has 0 radical (unpaired) electrons. The molecule has 1 aromatic carbocycles. The van der Waals surface area contributed by atoms with Gasteiger partial charge in [-0.3, -0.25) is 0 Å². The molecule has 27 heavy (non-hydrogen) atoms. The minimum Gasteiger partial charge on any atom is -0.465 e. The van der Waals surface area contributed by atoms with Crippen molar-refractivity contribution >= 4 is 17.9 Å². The van der Waals surface area contributed by atoms with Crippen LogP contribution >= 0.6 is 0 Å². The van der Waals surface area contributed by atoms with Gasteiger partial charge in [-0.05, 0) is 24.0 Å². The van der Waals surface area contributed by atoms with Crippen LogP contribution in [0.25, 0.3) is 0 Å². The van der Waals surface area contributed by atoms with Crippen LogP contribution in [0.2, 0.25) is 0 Å². The molecular weight excluding hydrogens is 346 g/mol. The van der Waals surface area contributed by atoms with Gasteiger partial charge in [-0.25, -0.2) is 9.59 Å². The van der Waals surface area contributed by atoms with Crippen molar-refractivity contribution in [2.24, 2.45) is 10.9 Å². The summed E-state index contributed by atoms with van der Waals surface area (Å²) in [4.78, 5) is 27.1. The molecule has 4 N–H and O–H groups in total. The number of nitrogens with one attached hydrogen (secondary N) is 1. The van der Waals surface area contributed by atoms with Gasteiger partial charge in [0.05, 0.1) is 6.42 Å². The van der Waals surface area contributed by atoms with Crippen molar-refractivity contribution in [2.75, 3.05) is 0 Å². The summed E-state index contributed by atoms with van der Waals surface area (Å²) in [5, 5.41) is 14.6. The summed E-state index contributed by atoms with van der Waals surface area (Å²) < 4.78 is 0. The van der Waals surface area contributed by atoms with Crippen LogP contribution in [0.5, 0.6) is 0 Å². The number of nitrogens with zero attached hydrogens (tertiary/aromatic N) is 1. The zero-order valence-corrected chi connectivity index (χ0v) is 16.1. The third-order valence-corrected chi connectivity index (χ3v) is 4.14. The van der Waals surface area contributed by atoms with E-state index in [2.05, 4.69) is 17.4 Å². The molecule has 0 fully saturated rings. The minimum absolute atomic E-state index is 0.209. The van der Waals surface area contributed by atoms with Crippen LogP contribution in [-0.4, -0.2) is 23.0 Å². The first-order chi connectivity index (χ1) is 13.0. The number of unbranched alkanes of at least 4 members (excludes halogenated alkanes) is 5. The average molecular weight is 377 g/mol. The van der Waals surface area contributed by atoms with E-state index in [0.717, 1.165) is 24.0 Å². The summed E-state index contributed by atoms with van der Waals surface area (Å²) in [5.74, 6) is -0.0633. The Morgan fingerprint density at radius 1 is 1.04 bits per heavy atom. The molecule has 0 aromatic heterocycles. The summed E-state index contributed by atoms with van der Waals surface area (Å²) in [6.07, 6.45) is 7.34. The number of carbonyl (C=O) groups is 2. The van der Waals surface area contributed by atoms with Crippen molar-refractivity contribution in [1.29, 1.82) is 0 Å². The summed E-state index contributed by atoms with van der Waals surface area (Å²) >= 11 is 0. The first-order valence-electron chi connectivity index (χ1n) is 9.58. The van der Waals surface area contributed by atoms with Crippen molar-refractivity contribution in [2.45, 2.75) is 71.3 Å². The van der Waals surface area contributed by atoms with Gasteiger partial charge in [-0.15, -0.1) is 0 Å². The van der Waals surface area contributed by atoms with Gasteiger partial charge >= 0.3 is 12.1 Å². The standard InChI is InChI=1S/C20H31N3O4/c1-2-3-4-5-6-7-8-18(21)23-27-19(24)14-13-16-9-11-17(12-10-16)15-22-20(25)26/h9-12,22H,2-8,13-15H2,1H3,(H2,21,23)(H,25,26). The van der Waals surface area contributed by atoms with Crippen molar-refractivity contribution in [3.63, 3.8) is 0 Å². The fourth-order valence-corrected chi connectivity index (χ4v) is 2.54. The lowest BCUT2D eigenvalue weighted by Gasteiger charge is -2.04.